The number of benzene rings is 1. The molecule has 2 aliphatic rings. The molecular formula is C15H21NOS. The highest BCUT2D eigenvalue weighted by Crippen LogP contribution is 2.37. The molecule has 0 spiro atoms. The maximum absolute atomic E-state index is 6.22. The standard InChI is InChI=1S/C15H21NOS/c1-15(8-4-9-16-15)13-5-2-3-6-14(13)17-12-7-10-18-11-12/h2-3,5-6,12,16H,4,7-11H2,1H3. The Morgan fingerprint density at radius 3 is 3.00 bits per heavy atom. The number of ether oxygens (including phenoxy) is 1. The van der Waals surface area contributed by atoms with Gasteiger partial charge in [0.15, 0.2) is 0 Å². The van der Waals surface area contributed by atoms with Crippen molar-refractivity contribution in [2.45, 2.75) is 37.8 Å². The van der Waals surface area contributed by atoms with E-state index in [4.69, 9.17) is 4.74 Å². The topological polar surface area (TPSA) is 21.3 Å². The van der Waals surface area contributed by atoms with E-state index in [1.165, 1.54) is 30.6 Å². The van der Waals surface area contributed by atoms with Crippen LogP contribution in [0.5, 0.6) is 5.75 Å². The molecule has 1 aromatic carbocycles. The van der Waals surface area contributed by atoms with E-state index in [1.54, 1.807) is 0 Å². The third-order valence-corrected chi connectivity index (χ3v) is 5.16. The minimum atomic E-state index is 0.0995. The van der Waals surface area contributed by atoms with Crippen LogP contribution in [-0.4, -0.2) is 24.2 Å². The van der Waals surface area contributed by atoms with Crippen LogP contribution < -0.4 is 10.1 Å². The molecule has 0 amide bonds. The Balaban J connectivity index is 1.84. The Morgan fingerprint density at radius 1 is 1.39 bits per heavy atom. The predicted molar refractivity (Wildman–Crippen MR) is 77.4 cm³/mol. The van der Waals surface area contributed by atoms with Gasteiger partial charge in [0.2, 0.25) is 0 Å². The Hall–Kier alpha value is -0.670. The fraction of sp³-hybridized carbons (Fsp3) is 0.600. The van der Waals surface area contributed by atoms with Gasteiger partial charge >= 0.3 is 0 Å². The highest BCUT2D eigenvalue weighted by Gasteiger charge is 2.33. The molecule has 2 aliphatic heterocycles. The first-order valence-corrected chi connectivity index (χ1v) is 8.02. The zero-order valence-electron chi connectivity index (χ0n) is 10.9. The maximum atomic E-state index is 6.22. The van der Waals surface area contributed by atoms with Gasteiger partial charge in [0.1, 0.15) is 11.9 Å². The summed E-state index contributed by atoms with van der Waals surface area (Å²) in [4.78, 5) is 0. The number of hydrogen-bond donors (Lipinski definition) is 1. The van der Waals surface area contributed by atoms with Crippen molar-refractivity contribution < 1.29 is 4.74 Å². The first-order valence-electron chi connectivity index (χ1n) is 6.87. The molecule has 1 N–H and O–H groups in total. The van der Waals surface area contributed by atoms with Gasteiger partial charge in [0.25, 0.3) is 0 Å². The second-order valence-corrected chi connectivity index (χ2v) is 6.61. The van der Waals surface area contributed by atoms with Crippen LogP contribution in [0.2, 0.25) is 0 Å². The van der Waals surface area contributed by atoms with Gasteiger partial charge in [-0.2, -0.15) is 11.8 Å². The summed E-state index contributed by atoms with van der Waals surface area (Å²) in [5.74, 6) is 3.46. The summed E-state index contributed by atoms with van der Waals surface area (Å²) < 4.78 is 6.22. The third-order valence-electron chi connectivity index (χ3n) is 4.03. The molecule has 2 atom stereocenters. The van der Waals surface area contributed by atoms with E-state index in [0.29, 0.717) is 6.10 Å². The lowest BCUT2D eigenvalue weighted by molar-refractivity contribution is 0.221. The van der Waals surface area contributed by atoms with Crippen LogP contribution >= 0.6 is 11.8 Å². The van der Waals surface area contributed by atoms with E-state index in [9.17, 15) is 0 Å². The van der Waals surface area contributed by atoms with E-state index in [1.807, 2.05) is 11.8 Å². The molecule has 18 heavy (non-hydrogen) atoms. The highest BCUT2D eigenvalue weighted by molar-refractivity contribution is 7.99. The van der Waals surface area contributed by atoms with Gasteiger partial charge in [0, 0.05) is 16.9 Å². The molecular weight excluding hydrogens is 242 g/mol. The van der Waals surface area contributed by atoms with Crippen molar-refractivity contribution in [1.29, 1.82) is 0 Å². The fourth-order valence-electron chi connectivity index (χ4n) is 2.94. The van der Waals surface area contributed by atoms with Crippen molar-refractivity contribution in [3.05, 3.63) is 29.8 Å². The first kappa shape index (κ1) is 12.4. The van der Waals surface area contributed by atoms with Crippen molar-refractivity contribution in [1.82, 2.24) is 5.32 Å². The quantitative estimate of drug-likeness (QED) is 0.905. The molecule has 0 aromatic heterocycles. The summed E-state index contributed by atoms with van der Waals surface area (Å²) in [5, 5.41) is 3.63. The molecule has 0 radical (unpaired) electrons. The maximum Gasteiger partial charge on any atom is 0.124 e. The molecule has 2 fully saturated rings. The Labute approximate surface area is 113 Å². The van der Waals surface area contributed by atoms with Crippen LogP contribution in [-0.2, 0) is 5.54 Å². The van der Waals surface area contributed by atoms with Crippen LogP contribution in [0.15, 0.2) is 24.3 Å². The zero-order chi connectivity index (χ0) is 12.4. The van der Waals surface area contributed by atoms with Crippen LogP contribution in [0, 0.1) is 0 Å². The van der Waals surface area contributed by atoms with Gasteiger partial charge in [-0.15, -0.1) is 0 Å². The van der Waals surface area contributed by atoms with Gasteiger partial charge in [0.05, 0.1) is 0 Å². The highest BCUT2D eigenvalue weighted by atomic mass is 32.2. The molecule has 2 nitrogen and oxygen atoms in total. The number of nitrogens with one attached hydrogen (secondary N) is 1. The van der Waals surface area contributed by atoms with Crippen molar-refractivity contribution in [3.63, 3.8) is 0 Å². The summed E-state index contributed by atoms with van der Waals surface area (Å²) in [6, 6.07) is 8.55. The van der Waals surface area contributed by atoms with Crippen molar-refractivity contribution in [2.24, 2.45) is 0 Å². The molecule has 0 bridgehead atoms. The molecule has 1 aromatic rings. The second-order valence-electron chi connectivity index (χ2n) is 5.46. The lowest BCUT2D eigenvalue weighted by Gasteiger charge is -2.28. The minimum absolute atomic E-state index is 0.0995. The van der Waals surface area contributed by atoms with Gasteiger partial charge in [-0.05, 0) is 44.6 Å². The second kappa shape index (κ2) is 5.14. The van der Waals surface area contributed by atoms with Gasteiger partial charge < -0.3 is 10.1 Å². The van der Waals surface area contributed by atoms with E-state index >= 15 is 0 Å². The van der Waals surface area contributed by atoms with Gasteiger partial charge in [-0.25, -0.2) is 0 Å². The zero-order valence-corrected chi connectivity index (χ0v) is 11.8. The van der Waals surface area contributed by atoms with Crippen LogP contribution in [0.25, 0.3) is 0 Å². The lowest BCUT2D eigenvalue weighted by atomic mass is 9.90. The molecule has 2 unspecified atom stereocenters. The summed E-state index contributed by atoms with van der Waals surface area (Å²) in [6.07, 6.45) is 4.04. The number of rotatable bonds is 3. The summed E-state index contributed by atoms with van der Waals surface area (Å²) in [6.45, 7) is 3.41. The average Bonchev–Trinajstić information content (AvgIpc) is 3.02. The smallest absolute Gasteiger partial charge is 0.124 e. The van der Waals surface area contributed by atoms with Crippen molar-refractivity contribution >= 4 is 11.8 Å². The molecule has 3 rings (SSSR count). The summed E-state index contributed by atoms with van der Waals surface area (Å²) >= 11 is 2.00. The Kier molecular flexibility index (Phi) is 3.53. The third kappa shape index (κ3) is 2.39. The van der Waals surface area contributed by atoms with Crippen molar-refractivity contribution in [3.8, 4) is 5.75 Å². The molecule has 98 valence electrons. The molecule has 2 saturated heterocycles. The average molecular weight is 263 g/mol. The van der Waals surface area contributed by atoms with Gasteiger partial charge in [-0.1, -0.05) is 18.2 Å². The number of thioether (sulfide) groups is 1. The lowest BCUT2D eigenvalue weighted by Crippen LogP contribution is -2.34. The van der Waals surface area contributed by atoms with Crippen LogP contribution in [0.3, 0.4) is 0 Å². The van der Waals surface area contributed by atoms with Crippen LogP contribution in [0.4, 0.5) is 0 Å². The normalized spacial score (nSPS) is 31.7. The largest absolute Gasteiger partial charge is 0.489 e. The van der Waals surface area contributed by atoms with E-state index in [0.717, 1.165) is 18.0 Å². The summed E-state index contributed by atoms with van der Waals surface area (Å²) in [7, 11) is 0. The molecule has 2 heterocycles. The Bertz CT molecular complexity index is 409. The molecule has 0 aliphatic carbocycles. The number of para-hydroxylation sites is 1. The molecule has 0 saturated carbocycles. The van der Waals surface area contributed by atoms with Crippen molar-refractivity contribution in [2.75, 3.05) is 18.1 Å². The first-order chi connectivity index (χ1) is 8.78. The minimum Gasteiger partial charge on any atom is -0.489 e. The van der Waals surface area contributed by atoms with E-state index in [2.05, 4.69) is 36.5 Å². The Morgan fingerprint density at radius 2 is 2.28 bits per heavy atom. The monoisotopic (exact) mass is 263 g/mol. The fourth-order valence-corrected chi connectivity index (χ4v) is 4.03. The van der Waals surface area contributed by atoms with Gasteiger partial charge in [-0.3, -0.25) is 0 Å². The van der Waals surface area contributed by atoms with Crippen LogP contribution in [0.1, 0.15) is 31.7 Å². The van der Waals surface area contributed by atoms with E-state index < -0.39 is 0 Å². The molecule has 3 heteroatoms. The number of hydrogen-bond acceptors (Lipinski definition) is 3. The summed E-state index contributed by atoms with van der Waals surface area (Å²) in [5.41, 5.74) is 1.43. The SMILES string of the molecule is CC1(c2ccccc2OC2CCSC2)CCCN1. The predicted octanol–water partition coefficient (Wildman–Crippen LogP) is 3.17. The van der Waals surface area contributed by atoms with E-state index in [-0.39, 0.29) is 5.54 Å².